The number of hydrogen-bond acceptors (Lipinski definition) is 2. The van der Waals surface area contributed by atoms with Crippen molar-refractivity contribution in [2.24, 2.45) is 0 Å². The van der Waals surface area contributed by atoms with Crippen molar-refractivity contribution >= 4 is 5.91 Å². The lowest BCUT2D eigenvalue weighted by Gasteiger charge is -2.33. The molecule has 1 aromatic rings. The van der Waals surface area contributed by atoms with E-state index in [0.29, 0.717) is 0 Å². The molecule has 1 N–H and O–H groups in total. The van der Waals surface area contributed by atoms with Crippen molar-refractivity contribution < 1.29 is 9.18 Å². The number of halogens is 1. The van der Waals surface area contributed by atoms with E-state index >= 15 is 0 Å². The highest BCUT2D eigenvalue weighted by atomic mass is 19.1. The quantitative estimate of drug-likeness (QED) is 0.845. The minimum absolute atomic E-state index is 0.0183. The number of likely N-dealkylation sites (tertiary alicyclic amines) is 1. The highest BCUT2D eigenvalue weighted by Gasteiger charge is 2.36. The Labute approximate surface area is 125 Å². The van der Waals surface area contributed by atoms with Crippen LogP contribution in [0, 0.1) is 5.82 Å². The second kappa shape index (κ2) is 6.85. The van der Waals surface area contributed by atoms with Gasteiger partial charge in [0.15, 0.2) is 0 Å². The van der Waals surface area contributed by atoms with Crippen LogP contribution in [-0.4, -0.2) is 29.4 Å². The minimum Gasteiger partial charge on any atom is -0.352 e. The second-order valence-electron chi connectivity index (χ2n) is 5.69. The van der Waals surface area contributed by atoms with Crippen molar-refractivity contribution in [3.05, 3.63) is 48.3 Å². The van der Waals surface area contributed by atoms with E-state index in [1.165, 1.54) is 13.0 Å². The highest BCUT2D eigenvalue weighted by Crippen LogP contribution is 2.37. The summed E-state index contributed by atoms with van der Waals surface area (Å²) in [4.78, 5) is 13.6. The molecule has 2 rings (SSSR count). The third kappa shape index (κ3) is 3.70. The van der Waals surface area contributed by atoms with Crippen molar-refractivity contribution in [2.75, 3.05) is 6.54 Å². The molecule has 0 aliphatic carbocycles. The van der Waals surface area contributed by atoms with E-state index in [4.69, 9.17) is 0 Å². The average Bonchev–Trinajstić information content (AvgIpc) is 2.82. The molecule has 1 heterocycles. The van der Waals surface area contributed by atoms with E-state index < -0.39 is 0 Å². The molecule has 1 fully saturated rings. The Bertz CT molecular complexity index is 517. The first kappa shape index (κ1) is 15.7. The molecule has 0 saturated carbocycles. The molecule has 0 bridgehead atoms. The SMILES string of the molecule is C=CCN1[C@@H](C(C)NC(C)=O)CC[C@H]1c1cccc(F)c1. The Kier molecular flexibility index (Phi) is 5.12. The van der Waals surface area contributed by atoms with E-state index in [1.807, 2.05) is 19.1 Å². The molecule has 3 atom stereocenters. The van der Waals surface area contributed by atoms with Crippen molar-refractivity contribution in [3.63, 3.8) is 0 Å². The van der Waals surface area contributed by atoms with Crippen molar-refractivity contribution in [1.29, 1.82) is 0 Å². The summed E-state index contributed by atoms with van der Waals surface area (Å²) in [5, 5.41) is 2.97. The summed E-state index contributed by atoms with van der Waals surface area (Å²) in [7, 11) is 0. The van der Waals surface area contributed by atoms with Gasteiger partial charge in [0.25, 0.3) is 0 Å². The smallest absolute Gasteiger partial charge is 0.217 e. The molecule has 1 aliphatic heterocycles. The molecule has 0 spiro atoms. The summed E-state index contributed by atoms with van der Waals surface area (Å²) in [6, 6.07) is 7.29. The lowest BCUT2D eigenvalue weighted by Crippen LogP contribution is -2.47. The van der Waals surface area contributed by atoms with Gasteiger partial charge < -0.3 is 5.32 Å². The summed E-state index contributed by atoms with van der Waals surface area (Å²) in [6.07, 6.45) is 3.81. The number of hydrogen-bond donors (Lipinski definition) is 1. The van der Waals surface area contributed by atoms with Crippen molar-refractivity contribution in [1.82, 2.24) is 10.2 Å². The number of benzene rings is 1. The van der Waals surface area contributed by atoms with E-state index in [-0.39, 0.29) is 29.8 Å². The zero-order chi connectivity index (χ0) is 15.4. The van der Waals surface area contributed by atoms with Crippen LogP contribution < -0.4 is 5.32 Å². The fraction of sp³-hybridized carbons (Fsp3) is 0.471. The van der Waals surface area contributed by atoms with E-state index in [9.17, 15) is 9.18 Å². The topological polar surface area (TPSA) is 32.3 Å². The minimum atomic E-state index is -0.204. The Morgan fingerprint density at radius 3 is 2.95 bits per heavy atom. The predicted octanol–water partition coefficient (Wildman–Crippen LogP) is 3.04. The van der Waals surface area contributed by atoms with Crippen LogP contribution in [0.2, 0.25) is 0 Å². The van der Waals surface area contributed by atoms with Crippen LogP contribution in [0.3, 0.4) is 0 Å². The second-order valence-corrected chi connectivity index (χ2v) is 5.69. The van der Waals surface area contributed by atoms with Gasteiger partial charge >= 0.3 is 0 Å². The fourth-order valence-corrected chi connectivity index (χ4v) is 3.33. The van der Waals surface area contributed by atoms with Crippen molar-refractivity contribution in [2.45, 2.75) is 44.8 Å². The molecule has 114 valence electrons. The maximum Gasteiger partial charge on any atom is 0.217 e. The summed E-state index contributed by atoms with van der Waals surface area (Å²) >= 11 is 0. The van der Waals surface area contributed by atoms with E-state index in [0.717, 1.165) is 24.9 Å². The van der Waals surface area contributed by atoms with Gasteiger partial charge in [0.2, 0.25) is 5.91 Å². The molecular weight excluding hydrogens is 267 g/mol. The summed E-state index contributed by atoms with van der Waals surface area (Å²) in [5.41, 5.74) is 0.995. The van der Waals surface area contributed by atoms with Gasteiger partial charge in [-0.3, -0.25) is 9.69 Å². The first-order valence-corrected chi connectivity index (χ1v) is 7.42. The number of nitrogens with zero attached hydrogens (tertiary/aromatic N) is 1. The fourth-order valence-electron chi connectivity index (χ4n) is 3.33. The Balaban J connectivity index is 2.20. The molecule has 0 aromatic heterocycles. The van der Waals surface area contributed by atoms with Crippen LogP contribution in [0.15, 0.2) is 36.9 Å². The van der Waals surface area contributed by atoms with Gasteiger partial charge in [-0.2, -0.15) is 0 Å². The van der Waals surface area contributed by atoms with E-state index in [2.05, 4.69) is 16.8 Å². The van der Waals surface area contributed by atoms with Crippen LogP contribution in [0.5, 0.6) is 0 Å². The molecule has 1 unspecified atom stereocenters. The Morgan fingerprint density at radius 2 is 2.33 bits per heavy atom. The molecule has 0 radical (unpaired) electrons. The third-order valence-electron chi connectivity index (χ3n) is 4.14. The standard InChI is InChI=1S/C17H23FN2O/c1-4-10-20-16(12(2)19-13(3)21)8-9-17(20)14-6-5-7-15(18)11-14/h4-7,11-12,16-17H,1,8-10H2,2-3H3,(H,19,21)/t12?,16-,17+/m1/s1. The molecule has 1 saturated heterocycles. The Hall–Kier alpha value is -1.68. The summed E-state index contributed by atoms with van der Waals surface area (Å²) in [6.45, 7) is 8.11. The molecule has 4 heteroatoms. The number of carbonyl (C=O) groups excluding carboxylic acids is 1. The average molecular weight is 290 g/mol. The zero-order valence-corrected chi connectivity index (χ0v) is 12.7. The summed E-state index contributed by atoms with van der Waals surface area (Å²) < 4.78 is 13.5. The van der Waals surface area contributed by atoms with Crippen molar-refractivity contribution in [3.8, 4) is 0 Å². The number of amides is 1. The van der Waals surface area contributed by atoms with Gasteiger partial charge in [-0.15, -0.1) is 6.58 Å². The first-order valence-electron chi connectivity index (χ1n) is 7.42. The number of nitrogens with one attached hydrogen (secondary N) is 1. The van der Waals surface area contributed by atoms with E-state index in [1.54, 1.807) is 12.1 Å². The third-order valence-corrected chi connectivity index (χ3v) is 4.14. The first-order chi connectivity index (χ1) is 10.0. The maximum absolute atomic E-state index is 13.5. The molecule has 21 heavy (non-hydrogen) atoms. The lowest BCUT2D eigenvalue weighted by atomic mass is 10.0. The number of carbonyl (C=O) groups is 1. The van der Waals surface area contributed by atoms with Gasteiger partial charge in [0.05, 0.1) is 0 Å². The molecule has 3 nitrogen and oxygen atoms in total. The van der Waals surface area contributed by atoms with Crippen LogP contribution in [-0.2, 0) is 4.79 Å². The van der Waals surface area contributed by atoms with Gasteiger partial charge in [-0.25, -0.2) is 4.39 Å². The van der Waals surface area contributed by atoms with Crippen LogP contribution in [0.25, 0.3) is 0 Å². The highest BCUT2D eigenvalue weighted by molar-refractivity contribution is 5.73. The largest absolute Gasteiger partial charge is 0.352 e. The zero-order valence-electron chi connectivity index (χ0n) is 12.7. The molecule has 1 aliphatic rings. The van der Waals surface area contributed by atoms with Gasteiger partial charge in [-0.05, 0) is 37.5 Å². The molecular formula is C17H23FN2O. The number of rotatable bonds is 5. The molecule has 1 aromatic carbocycles. The van der Waals surface area contributed by atoms with Crippen LogP contribution in [0.4, 0.5) is 4.39 Å². The van der Waals surface area contributed by atoms with Gasteiger partial charge in [-0.1, -0.05) is 18.2 Å². The van der Waals surface area contributed by atoms with Gasteiger partial charge in [0.1, 0.15) is 5.82 Å². The Morgan fingerprint density at radius 1 is 1.57 bits per heavy atom. The van der Waals surface area contributed by atoms with Crippen LogP contribution in [0.1, 0.15) is 38.3 Å². The monoisotopic (exact) mass is 290 g/mol. The summed E-state index contributed by atoms with van der Waals surface area (Å²) in [5.74, 6) is -0.223. The van der Waals surface area contributed by atoms with Gasteiger partial charge in [0, 0.05) is 31.6 Å². The normalized spacial score (nSPS) is 23.8. The molecule has 1 amide bonds. The maximum atomic E-state index is 13.5. The predicted molar refractivity (Wildman–Crippen MR) is 82.3 cm³/mol. The lowest BCUT2D eigenvalue weighted by molar-refractivity contribution is -0.119. The van der Waals surface area contributed by atoms with Crippen LogP contribution >= 0.6 is 0 Å².